The number of nitrogens with two attached hydrogens (primary N) is 1. The molecule has 1 atom stereocenters. The number of hydrogen-bond acceptors (Lipinski definition) is 4. The molecular weight excluding hydrogens is 308 g/mol. The molecule has 1 rings (SSSR count). The lowest BCUT2D eigenvalue weighted by Crippen LogP contribution is -2.27. The van der Waals surface area contributed by atoms with E-state index in [2.05, 4.69) is 5.32 Å². The van der Waals surface area contributed by atoms with Crippen LogP contribution in [0.3, 0.4) is 0 Å². The topological polar surface area (TPSA) is 127 Å². The molecule has 0 spiro atoms. The van der Waals surface area contributed by atoms with Gasteiger partial charge in [-0.05, 0) is 30.0 Å². The predicted octanol–water partition coefficient (Wildman–Crippen LogP) is 0.494. The minimum absolute atomic E-state index is 0.0392. The molecule has 22 heavy (non-hydrogen) atoms. The van der Waals surface area contributed by atoms with Gasteiger partial charge in [0, 0.05) is 19.4 Å². The summed E-state index contributed by atoms with van der Waals surface area (Å²) in [6.07, 6.45) is 0.670. The molecular formula is C14H20N2O5S. The van der Waals surface area contributed by atoms with Gasteiger partial charge in [0.25, 0.3) is 0 Å². The van der Waals surface area contributed by atoms with Crippen molar-refractivity contribution in [3.63, 3.8) is 0 Å². The second-order valence-electron chi connectivity index (χ2n) is 5.20. The minimum atomic E-state index is -3.69. The van der Waals surface area contributed by atoms with Gasteiger partial charge in [0.15, 0.2) is 0 Å². The highest BCUT2D eigenvalue weighted by Gasteiger charge is 2.12. The second kappa shape index (κ2) is 7.90. The van der Waals surface area contributed by atoms with Crippen LogP contribution in [0.2, 0.25) is 0 Å². The van der Waals surface area contributed by atoms with Crippen LogP contribution >= 0.6 is 0 Å². The molecule has 0 aliphatic rings. The Hall–Kier alpha value is -1.93. The molecule has 122 valence electrons. The van der Waals surface area contributed by atoms with Crippen molar-refractivity contribution in [3.8, 4) is 0 Å². The summed E-state index contributed by atoms with van der Waals surface area (Å²) >= 11 is 0. The predicted molar refractivity (Wildman–Crippen MR) is 80.6 cm³/mol. The zero-order valence-corrected chi connectivity index (χ0v) is 13.1. The van der Waals surface area contributed by atoms with Gasteiger partial charge in [-0.1, -0.05) is 19.1 Å². The van der Waals surface area contributed by atoms with Gasteiger partial charge in [0.1, 0.15) is 0 Å². The number of rotatable bonds is 8. The van der Waals surface area contributed by atoms with Crippen LogP contribution in [0, 0.1) is 5.92 Å². The summed E-state index contributed by atoms with van der Waals surface area (Å²) in [5.74, 6) is -1.34. The van der Waals surface area contributed by atoms with Crippen molar-refractivity contribution in [1.82, 2.24) is 5.32 Å². The van der Waals surface area contributed by atoms with E-state index in [0.29, 0.717) is 13.0 Å². The first-order chi connectivity index (χ1) is 10.2. The van der Waals surface area contributed by atoms with Crippen molar-refractivity contribution in [2.24, 2.45) is 11.1 Å². The quantitative estimate of drug-likeness (QED) is 0.640. The SMILES string of the molecule is C[C@@H](CC(=O)O)CC(=O)NCCc1ccc(S(N)(=O)=O)cc1. The fourth-order valence-electron chi connectivity index (χ4n) is 1.95. The van der Waals surface area contributed by atoms with Crippen molar-refractivity contribution in [1.29, 1.82) is 0 Å². The lowest BCUT2D eigenvalue weighted by atomic mass is 10.0. The number of nitrogens with one attached hydrogen (secondary N) is 1. The summed E-state index contributed by atoms with van der Waals surface area (Å²) < 4.78 is 22.2. The van der Waals surface area contributed by atoms with Gasteiger partial charge in [-0.3, -0.25) is 9.59 Å². The van der Waals surface area contributed by atoms with E-state index in [1.54, 1.807) is 19.1 Å². The fraction of sp³-hybridized carbons (Fsp3) is 0.429. The Morgan fingerprint density at radius 1 is 1.23 bits per heavy atom. The van der Waals surface area contributed by atoms with Gasteiger partial charge >= 0.3 is 5.97 Å². The largest absolute Gasteiger partial charge is 0.481 e. The lowest BCUT2D eigenvalue weighted by Gasteiger charge is -2.09. The number of hydrogen-bond donors (Lipinski definition) is 3. The molecule has 0 radical (unpaired) electrons. The molecule has 1 amide bonds. The van der Waals surface area contributed by atoms with Gasteiger partial charge in [0.05, 0.1) is 4.90 Å². The average Bonchev–Trinajstić information content (AvgIpc) is 2.37. The molecule has 0 heterocycles. The van der Waals surface area contributed by atoms with E-state index in [0.717, 1.165) is 5.56 Å². The standard InChI is InChI=1S/C14H20N2O5S/c1-10(9-14(18)19)8-13(17)16-7-6-11-2-4-12(5-3-11)22(15,20)21/h2-5,10H,6-9H2,1H3,(H,16,17)(H,18,19)(H2,15,20,21)/t10-/m1/s1. The number of primary sulfonamides is 1. The summed E-state index contributed by atoms with van der Waals surface area (Å²) in [6.45, 7) is 2.10. The van der Waals surface area contributed by atoms with Gasteiger partial charge in [-0.15, -0.1) is 0 Å². The van der Waals surface area contributed by atoms with Crippen LogP contribution < -0.4 is 10.5 Å². The highest BCUT2D eigenvalue weighted by Crippen LogP contribution is 2.09. The Kier molecular flexibility index (Phi) is 6.51. The molecule has 0 aliphatic carbocycles. The number of benzene rings is 1. The minimum Gasteiger partial charge on any atom is -0.481 e. The Morgan fingerprint density at radius 2 is 1.82 bits per heavy atom. The maximum absolute atomic E-state index is 11.6. The van der Waals surface area contributed by atoms with Crippen molar-refractivity contribution in [2.75, 3.05) is 6.54 Å². The normalized spacial score (nSPS) is 12.6. The lowest BCUT2D eigenvalue weighted by molar-refractivity contribution is -0.138. The molecule has 0 saturated carbocycles. The van der Waals surface area contributed by atoms with Crippen molar-refractivity contribution < 1.29 is 23.1 Å². The van der Waals surface area contributed by atoms with E-state index in [-0.39, 0.29) is 29.6 Å². The van der Waals surface area contributed by atoms with Crippen LogP contribution in [-0.2, 0) is 26.0 Å². The van der Waals surface area contributed by atoms with Crippen LogP contribution in [0.1, 0.15) is 25.3 Å². The fourth-order valence-corrected chi connectivity index (χ4v) is 2.47. The molecule has 0 bridgehead atoms. The Bertz CT molecular complexity index is 625. The number of aliphatic carboxylic acids is 1. The first-order valence-corrected chi connectivity index (χ1v) is 8.33. The monoisotopic (exact) mass is 328 g/mol. The van der Waals surface area contributed by atoms with Crippen LogP contribution in [0.5, 0.6) is 0 Å². The molecule has 0 saturated heterocycles. The molecule has 1 aromatic rings. The molecule has 7 nitrogen and oxygen atoms in total. The molecule has 4 N–H and O–H groups in total. The number of sulfonamides is 1. The van der Waals surface area contributed by atoms with E-state index >= 15 is 0 Å². The molecule has 1 aromatic carbocycles. The van der Waals surface area contributed by atoms with Crippen LogP contribution in [0.25, 0.3) is 0 Å². The highest BCUT2D eigenvalue weighted by atomic mass is 32.2. The van der Waals surface area contributed by atoms with Crippen LogP contribution in [0.15, 0.2) is 29.2 Å². The molecule has 0 fully saturated rings. The number of amides is 1. The summed E-state index contributed by atoms with van der Waals surface area (Å²) in [7, 11) is -3.69. The molecule has 0 aliphatic heterocycles. The Morgan fingerprint density at radius 3 is 2.32 bits per heavy atom. The highest BCUT2D eigenvalue weighted by molar-refractivity contribution is 7.89. The first-order valence-electron chi connectivity index (χ1n) is 6.78. The summed E-state index contributed by atoms with van der Waals surface area (Å²) in [5.41, 5.74) is 0.867. The Labute approximate surface area is 129 Å². The molecule has 0 unspecified atom stereocenters. The van der Waals surface area contributed by atoms with Gasteiger partial charge in [0.2, 0.25) is 15.9 Å². The molecule has 0 aromatic heterocycles. The second-order valence-corrected chi connectivity index (χ2v) is 6.76. The summed E-state index contributed by atoms with van der Waals surface area (Å²) in [4.78, 5) is 22.2. The van der Waals surface area contributed by atoms with Crippen LogP contribution in [-0.4, -0.2) is 31.9 Å². The van der Waals surface area contributed by atoms with E-state index < -0.39 is 16.0 Å². The smallest absolute Gasteiger partial charge is 0.303 e. The van der Waals surface area contributed by atoms with E-state index in [9.17, 15) is 18.0 Å². The molecule has 8 heteroatoms. The third-order valence-corrected chi connectivity index (χ3v) is 3.97. The third kappa shape index (κ3) is 6.68. The maximum Gasteiger partial charge on any atom is 0.303 e. The van der Waals surface area contributed by atoms with Crippen molar-refractivity contribution in [2.45, 2.75) is 31.1 Å². The summed E-state index contributed by atoms with van der Waals surface area (Å²) in [6, 6.07) is 6.11. The zero-order chi connectivity index (χ0) is 16.8. The van der Waals surface area contributed by atoms with E-state index in [4.69, 9.17) is 10.2 Å². The maximum atomic E-state index is 11.6. The van der Waals surface area contributed by atoms with Gasteiger partial charge < -0.3 is 10.4 Å². The average molecular weight is 328 g/mol. The van der Waals surface area contributed by atoms with Gasteiger partial charge in [-0.25, -0.2) is 13.6 Å². The zero-order valence-electron chi connectivity index (χ0n) is 12.3. The van der Waals surface area contributed by atoms with Crippen molar-refractivity contribution in [3.05, 3.63) is 29.8 Å². The number of carbonyl (C=O) groups is 2. The van der Waals surface area contributed by atoms with Crippen LogP contribution in [0.4, 0.5) is 0 Å². The Balaban J connectivity index is 2.38. The first kappa shape index (κ1) is 18.1. The number of carbonyl (C=O) groups excluding carboxylic acids is 1. The number of carboxylic acids is 1. The third-order valence-electron chi connectivity index (χ3n) is 3.04. The number of carboxylic acid groups (broad SMARTS) is 1. The van der Waals surface area contributed by atoms with Crippen molar-refractivity contribution >= 4 is 21.9 Å². The summed E-state index contributed by atoms with van der Waals surface area (Å²) in [5, 5.41) is 16.3. The van der Waals surface area contributed by atoms with E-state index in [1.807, 2.05) is 0 Å². The van der Waals surface area contributed by atoms with Gasteiger partial charge in [-0.2, -0.15) is 0 Å². The van der Waals surface area contributed by atoms with E-state index in [1.165, 1.54) is 12.1 Å².